The van der Waals surface area contributed by atoms with Gasteiger partial charge in [0.15, 0.2) is 17.5 Å². The zero-order chi connectivity index (χ0) is 17.9. The summed E-state index contributed by atoms with van der Waals surface area (Å²) in [6.45, 7) is 2.26. The van der Waals surface area contributed by atoms with Gasteiger partial charge in [0.25, 0.3) is 5.89 Å². The van der Waals surface area contributed by atoms with Gasteiger partial charge in [-0.25, -0.2) is 13.8 Å². The van der Waals surface area contributed by atoms with Gasteiger partial charge in [0, 0.05) is 24.9 Å². The number of halogens is 2. The Morgan fingerprint density at radius 3 is 2.69 bits per heavy atom. The van der Waals surface area contributed by atoms with E-state index in [2.05, 4.69) is 25.0 Å². The number of piperidine rings is 1. The lowest BCUT2D eigenvalue weighted by molar-refractivity contribution is 0.200. The molecule has 0 bridgehead atoms. The summed E-state index contributed by atoms with van der Waals surface area (Å²) in [7, 11) is 0. The third kappa shape index (κ3) is 3.60. The summed E-state index contributed by atoms with van der Waals surface area (Å²) in [5, 5.41) is 4.08. The molecular weight excluding hydrogens is 340 g/mol. The van der Waals surface area contributed by atoms with Crippen molar-refractivity contribution in [1.82, 2.24) is 25.0 Å². The summed E-state index contributed by atoms with van der Waals surface area (Å²) in [4.78, 5) is 14.8. The predicted molar refractivity (Wildman–Crippen MR) is 88.9 cm³/mol. The molecule has 1 aliphatic rings. The van der Waals surface area contributed by atoms with Crippen LogP contribution in [-0.2, 0) is 6.54 Å². The van der Waals surface area contributed by atoms with Crippen molar-refractivity contribution in [3.63, 3.8) is 0 Å². The Morgan fingerprint density at radius 2 is 1.96 bits per heavy atom. The second-order valence-electron chi connectivity index (χ2n) is 6.35. The topological polar surface area (TPSA) is 67.9 Å². The number of rotatable bonds is 4. The van der Waals surface area contributed by atoms with Gasteiger partial charge in [0.2, 0.25) is 0 Å². The Bertz CT molecular complexity index is 878. The van der Waals surface area contributed by atoms with Gasteiger partial charge in [-0.3, -0.25) is 9.88 Å². The molecule has 3 heterocycles. The first-order valence-corrected chi connectivity index (χ1v) is 8.45. The van der Waals surface area contributed by atoms with Crippen LogP contribution in [0, 0.1) is 11.6 Å². The minimum atomic E-state index is -0.816. The highest BCUT2D eigenvalue weighted by Gasteiger charge is 2.25. The van der Waals surface area contributed by atoms with Gasteiger partial charge in [-0.05, 0) is 43.6 Å². The van der Waals surface area contributed by atoms with E-state index < -0.39 is 11.6 Å². The third-order valence-corrected chi connectivity index (χ3v) is 4.57. The van der Waals surface area contributed by atoms with Crippen LogP contribution in [0.3, 0.4) is 0 Å². The normalized spacial score (nSPS) is 16.1. The largest absolute Gasteiger partial charge is 0.332 e. The number of aromatic nitrogens is 4. The minimum absolute atomic E-state index is 0.213. The van der Waals surface area contributed by atoms with Crippen LogP contribution in [0.15, 0.2) is 41.3 Å². The van der Waals surface area contributed by atoms with Gasteiger partial charge in [0.1, 0.15) is 5.69 Å². The molecule has 0 atom stereocenters. The maximum absolute atomic E-state index is 13.3. The third-order valence-electron chi connectivity index (χ3n) is 4.57. The molecule has 8 heteroatoms. The Morgan fingerprint density at radius 1 is 1.12 bits per heavy atom. The lowest BCUT2D eigenvalue weighted by atomic mass is 9.96. The van der Waals surface area contributed by atoms with Gasteiger partial charge in [-0.15, -0.1) is 0 Å². The smallest absolute Gasteiger partial charge is 0.278 e. The zero-order valence-corrected chi connectivity index (χ0v) is 14.0. The molecule has 134 valence electrons. The van der Waals surface area contributed by atoms with Crippen LogP contribution >= 0.6 is 0 Å². The van der Waals surface area contributed by atoms with E-state index in [4.69, 9.17) is 4.52 Å². The summed E-state index contributed by atoms with van der Waals surface area (Å²) >= 11 is 0. The molecule has 3 aromatic rings. The van der Waals surface area contributed by atoms with Crippen LogP contribution in [0.2, 0.25) is 0 Å². The average molecular weight is 357 g/mol. The van der Waals surface area contributed by atoms with Crippen molar-refractivity contribution in [1.29, 1.82) is 0 Å². The van der Waals surface area contributed by atoms with Gasteiger partial charge in [-0.1, -0.05) is 11.2 Å². The molecule has 0 unspecified atom stereocenters. The molecular formula is C18H17F2N5O. The van der Waals surface area contributed by atoms with Crippen molar-refractivity contribution >= 4 is 0 Å². The first-order valence-electron chi connectivity index (χ1n) is 8.45. The molecule has 1 fully saturated rings. The molecule has 4 rings (SSSR count). The highest BCUT2D eigenvalue weighted by atomic mass is 19.2. The summed E-state index contributed by atoms with van der Waals surface area (Å²) in [5.41, 5.74) is 1.33. The maximum atomic E-state index is 13.3. The molecule has 0 N–H and O–H groups in total. The lowest BCUT2D eigenvalue weighted by Crippen LogP contribution is -2.32. The van der Waals surface area contributed by atoms with E-state index in [0.717, 1.165) is 31.5 Å². The van der Waals surface area contributed by atoms with Crippen molar-refractivity contribution < 1.29 is 13.3 Å². The summed E-state index contributed by atoms with van der Waals surface area (Å²) in [6, 6.07) is 4.05. The van der Waals surface area contributed by atoms with Gasteiger partial charge >= 0.3 is 0 Å². The van der Waals surface area contributed by atoms with Crippen molar-refractivity contribution in [2.45, 2.75) is 25.3 Å². The summed E-state index contributed by atoms with van der Waals surface area (Å²) in [5.74, 6) is -0.356. The first kappa shape index (κ1) is 16.7. The molecule has 0 saturated carbocycles. The van der Waals surface area contributed by atoms with E-state index in [-0.39, 0.29) is 5.92 Å². The molecule has 0 amide bonds. The Balaban J connectivity index is 1.36. The average Bonchev–Trinajstić information content (AvgIpc) is 3.16. The van der Waals surface area contributed by atoms with Crippen molar-refractivity contribution in [3.8, 4) is 11.6 Å². The summed E-state index contributed by atoms with van der Waals surface area (Å²) in [6.07, 6.45) is 6.51. The molecule has 26 heavy (non-hydrogen) atoms. The van der Waals surface area contributed by atoms with E-state index in [0.29, 0.717) is 24.0 Å². The second-order valence-corrected chi connectivity index (χ2v) is 6.35. The van der Waals surface area contributed by atoms with Gasteiger partial charge in [0.05, 0.1) is 6.20 Å². The maximum Gasteiger partial charge on any atom is 0.278 e. The molecule has 6 nitrogen and oxygen atoms in total. The lowest BCUT2D eigenvalue weighted by Gasteiger charge is -2.30. The molecule has 2 aromatic heterocycles. The van der Waals surface area contributed by atoms with Crippen LogP contribution in [0.25, 0.3) is 11.6 Å². The van der Waals surface area contributed by atoms with Gasteiger partial charge < -0.3 is 4.52 Å². The number of likely N-dealkylation sites (tertiary alicyclic amines) is 1. The molecule has 1 saturated heterocycles. The molecule has 0 radical (unpaired) electrons. The Kier molecular flexibility index (Phi) is 4.66. The number of benzene rings is 1. The number of hydrogen-bond acceptors (Lipinski definition) is 6. The fourth-order valence-corrected chi connectivity index (χ4v) is 3.16. The van der Waals surface area contributed by atoms with E-state index in [9.17, 15) is 8.78 Å². The van der Waals surface area contributed by atoms with Crippen LogP contribution in [0.5, 0.6) is 0 Å². The van der Waals surface area contributed by atoms with E-state index in [1.54, 1.807) is 24.7 Å². The number of nitrogens with zero attached hydrogens (tertiary/aromatic N) is 5. The second kappa shape index (κ2) is 7.25. The monoisotopic (exact) mass is 357 g/mol. The van der Waals surface area contributed by atoms with Crippen molar-refractivity contribution in [2.75, 3.05) is 13.1 Å². The molecule has 1 aliphatic heterocycles. The fourth-order valence-electron chi connectivity index (χ4n) is 3.16. The van der Waals surface area contributed by atoms with Crippen molar-refractivity contribution in [2.24, 2.45) is 0 Å². The van der Waals surface area contributed by atoms with E-state index in [1.165, 1.54) is 12.1 Å². The number of hydrogen-bond donors (Lipinski definition) is 0. The minimum Gasteiger partial charge on any atom is -0.332 e. The standard InChI is InChI=1S/C18H17F2N5O/c19-14-2-1-12(9-15(14)20)11-25-7-3-13(4-8-25)17-23-18(26-24-17)16-10-21-5-6-22-16/h1-2,5-6,9-10,13H,3-4,7-8,11H2. The Hall–Kier alpha value is -2.74. The first-order chi connectivity index (χ1) is 12.7. The quantitative estimate of drug-likeness (QED) is 0.714. The zero-order valence-electron chi connectivity index (χ0n) is 14.0. The highest BCUT2D eigenvalue weighted by Crippen LogP contribution is 2.28. The van der Waals surface area contributed by atoms with Crippen LogP contribution in [-0.4, -0.2) is 38.1 Å². The van der Waals surface area contributed by atoms with Crippen molar-refractivity contribution in [3.05, 3.63) is 59.8 Å². The van der Waals surface area contributed by atoms with E-state index >= 15 is 0 Å². The molecule has 1 aromatic carbocycles. The van der Waals surface area contributed by atoms with Crippen LogP contribution in [0.4, 0.5) is 8.78 Å². The fraction of sp³-hybridized carbons (Fsp3) is 0.333. The van der Waals surface area contributed by atoms with Gasteiger partial charge in [-0.2, -0.15) is 4.98 Å². The van der Waals surface area contributed by atoms with Crippen LogP contribution < -0.4 is 0 Å². The predicted octanol–water partition coefficient (Wildman–Crippen LogP) is 3.18. The highest BCUT2D eigenvalue weighted by molar-refractivity contribution is 5.43. The summed E-state index contributed by atoms with van der Waals surface area (Å²) < 4.78 is 31.6. The SMILES string of the molecule is Fc1ccc(CN2CCC(c3noc(-c4cnccn4)n3)CC2)cc1F. The van der Waals surface area contributed by atoms with Crippen LogP contribution in [0.1, 0.15) is 30.1 Å². The molecule has 0 spiro atoms. The Labute approximate surface area is 148 Å². The molecule has 0 aliphatic carbocycles. The van der Waals surface area contributed by atoms with E-state index in [1.807, 2.05) is 0 Å².